The number of rotatable bonds is 6. The van der Waals surface area contributed by atoms with Crippen molar-refractivity contribution in [3.63, 3.8) is 0 Å². The van der Waals surface area contributed by atoms with Gasteiger partial charge in [0.15, 0.2) is 0 Å². The van der Waals surface area contributed by atoms with E-state index < -0.39 is 0 Å². The van der Waals surface area contributed by atoms with Crippen LogP contribution >= 0.6 is 0 Å². The lowest BCUT2D eigenvalue weighted by Crippen LogP contribution is -2.26. The molecule has 0 atom stereocenters. The molecule has 1 rings (SSSR count). The van der Waals surface area contributed by atoms with Gasteiger partial charge in [-0.2, -0.15) is 0 Å². The Morgan fingerprint density at radius 3 is 2.64 bits per heavy atom. The quantitative estimate of drug-likeness (QED) is 0.495. The molecule has 2 N–H and O–H groups in total. The fourth-order valence-corrected chi connectivity index (χ4v) is 1.21. The van der Waals surface area contributed by atoms with Crippen LogP contribution in [0.15, 0.2) is 11.6 Å². The van der Waals surface area contributed by atoms with Gasteiger partial charge in [-0.05, 0) is 39.7 Å². The Morgan fingerprint density at radius 1 is 1.36 bits per heavy atom. The Hall–Kier alpha value is -0.830. The van der Waals surface area contributed by atoms with Crippen LogP contribution in [0.1, 0.15) is 33.1 Å². The minimum absolute atomic E-state index is 0.0245. The molecule has 0 unspecified atom stereocenters. The van der Waals surface area contributed by atoms with Crippen LogP contribution in [-0.4, -0.2) is 25.0 Å². The summed E-state index contributed by atoms with van der Waals surface area (Å²) in [5, 5.41) is 6.26. The normalized spacial score (nSPS) is 15.0. The van der Waals surface area contributed by atoms with Gasteiger partial charge in [-0.3, -0.25) is 4.79 Å². The molecule has 1 saturated carbocycles. The summed E-state index contributed by atoms with van der Waals surface area (Å²) < 4.78 is 0. The second-order valence-electron chi connectivity index (χ2n) is 4.09. The Labute approximate surface area is 86.0 Å². The first kappa shape index (κ1) is 11.2. The standard InChI is InChI=1S/C11H20N2O/c1-9(2)8-11(14)13-7-3-6-12-10-4-5-10/h8,10,12H,3-7H2,1-2H3,(H,13,14). The van der Waals surface area contributed by atoms with Gasteiger partial charge in [-0.15, -0.1) is 0 Å². The molecule has 0 bridgehead atoms. The highest BCUT2D eigenvalue weighted by Crippen LogP contribution is 2.18. The molecule has 3 nitrogen and oxygen atoms in total. The van der Waals surface area contributed by atoms with E-state index in [9.17, 15) is 4.79 Å². The van der Waals surface area contributed by atoms with Crippen molar-refractivity contribution in [3.8, 4) is 0 Å². The van der Waals surface area contributed by atoms with Gasteiger partial charge in [-0.1, -0.05) is 5.57 Å². The third-order valence-electron chi connectivity index (χ3n) is 2.08. The van der Waals surface area contributed by atoms with Gasteiger partial charge in [-0.25, -0.2) is 0 Å². The molecule has 0 spiro atoms. The van der Waals surface area contributed by atoms with Crippen molar-refractivity contribution in [1.82, 2.24) is 10.6 Å². The summed E-state index contributed by atoms with van der Waals surface area (Å²) in [7, 11) is 0. The summed E-state index contributed by atoms with van der Waals surface area (Å²) in [4.78, 5) is 11.2. The lowest BCUT2D eigenvalue weighted by atomic mass is 10.3. The average Bonchev–Trinajstić information content (AvgIpc) is 2.86. The van der Waals surface area contributed by atoms with Crippen molar-refractivity contribution < 1.29 is 4.79 Å². The second kappa shape index (κ2) is 5.81. The molecular weight excluding hydrogens is 176 g/mol. The van der Waals surface area contributed by atoms with Gasteiger partial charge in [0.25, 0.3) is 0 Å². The summed E-state index contributed by atoms with van der Waals surface area (Å²) >= 11 is 0. The van der Waals surface area contributed by atoms with Gasteiger partial charge < -0.3 is 10.6 Å². The molecule has 1 aliphatic carbocycles. The maximum Gasteiger partial charge on any atom is 0.243 e. The SMILES string of the molecule is CC(C)=CC(=O)NCCCNC1CC1. The molecule has 0 radical (unpaired) electrons. The van der Waals surface area contributed by atoms with Crippen molar-refractivity contribution in [2.24, 2.45) is 0 Å². The molecule has 0 aromatic rings. The fraction of sp³-hybridized carbons (Fsp3) is 0.727. The van der Waals surface area contributed by atoms with E-state index in [1.165, 1.54) is 12.8 Å². The molecule has 0 saturated heterocycles. The van der Waals surface area contributed by atoms with Crippen molar-refractivity contribution >= 4 is 5.91 Å². The Bertz CT molecular complexity index is 215. The molecule has 0 heterocycles. The van der Waals surface area contributed by atoms with E-state index in [1.807, 2.05) is 13.8 Å². The van der Waals surface area contributed by atoms with Gasteiger partial charge in [0.1, 0.15) is 0 Å². The number of carbonyl (C=O) groups excluding carboxylic acids is 1. The molecule has 80 valence electrons. The lowest BCUT2D eigenvalue weighted by molar-refractivity contribution is -0.116. The predicted molar refractivity (Wildman–Crippen MR) is 58.1 cm³/mol. The van der Waals surface area contributed by atoms with E-state index >= 15 is 0 Å². The highest BCUT2D eigenvalue weighted by Gasteiger charge is 2.19. The number of amides is 1. The Kier molecular flexibility index (Phi) is 4.66. The van der Waals surface area contributed by atoms with Crippen LogP contribution < -0.4 is 10.6 Å². The van der Waals surface area contributed by atoms with E-state index in [-0.39, 0.29) is 5.91 Å². The third-order valence-corrected chi connectivity index (χ3v) is 2.08. The largest absolute Gasteiger partial charge is 0.353 e. The Balaban J connectivity index is 1.91. The number of hydrogen-bond acceptors (Lipinski definition) is 2. The number of allylic oxidation sites excluding steroid dienone is 1. The molecular formula is C11H20N2O. The maximum absolute atomic E-state index is 11.2. The predicted octanol–water partition coefficient (Wildman–Crippen LogP) is 1.21. The summed E-state index contributed by atoms with van der Waals surface area (Å²) in [6, 6.07) is 0.767. The lowest BCUT2D eigenvalue weighted by Gasteiger charge is -2.03. The van der Waals surface area contributed by atoms with Crippen LogP contribution in [0.25, 0.3) is 0 Å². The first-order valence-electron chi connectivity index (χ1n) is 5.34. The molecule has 1 amide bonds. The zero-order valence-corrected chi connectivity index (χ0v) is 9.10. The number of hydrogen-bond donors (Lipinski definition) is 2. The Morgan fingerprint density at radius 2 is 2.07 bits per heavy atom. The van der Waals surface area contributed by atoms with Crippen molar-refractivity contribution in [1.29, 1.82) is 0 Å². The van der Waals surface area contributed by atoms with E-state index in [0.717, 1.165) is 31.1 Å². The van der Waals surface area contributed by atoms with Crippen molar-refractivity contribution in [3.05, 3.63) is 11.6 Å². The minimum atomic E-state index is 0.0245. The molecule has 3 heteroatoms. The van der Waals surface area contributed by atoms with Crippen LogP contribution in [0.2, 0.25) is 0 Å². The zero-order valence-electron chi connectivity index (χ0n) is 9.10. The maximum atomic E-state index is 11.2. The van der Waals surface area contributed by atoms with Crippen molar-refractivity contribution in [2.75, 3.05) is 13.1 Å². The first-order valence-corrected chi connectivity index (χ1v) is 5.34. The van der Waals surface area contributed by atoms with E-state index in [1.54, 1.807) is 6.08 Å². The van der Waals surface area contributed by atoms with Gasteiger partial charge in [0.05, 0.1) is 0 Å². The molecule has 0 aliphatic heterocycles. The number of nitrogens with one attached hydrogen (secondary N) is 2. The van der Waals surface area contributed by atoms with Crippen LogP contribution in [0.3, 0.4) is 0 Å². The van der Waals surface area contributed by atoms with Gasteiger partial charge >= 0.3 is 0 Å². The average molecular weight is 196 g/mol. The summed E-state index contributed by atoms with van der Waals surface area (Å²) in [5.74, 6) is 0.0245. The van der Waals surface area contributed by atoms with E-state index in [2.05, 4.69) is 10.6 Å². The first-order chi connectivity index (χ1) is 6.68. The number of carbonyl (C=O) groups is 1. The van der Waals surface area contributed by atoms with Crippen LogP contribution in [0.4, 0.5) is 0 Å². The topological polar surface area (TPSA) is 41.1 Å². The monoisotopic (exact) mass is 196 g/mol. The second-order valence-corrected chi connectivity index (χ2v) is 4.09. The minimum Gasteiger partial charge on any atom is -0.353 e. The van der Waals surface area contributed by atoms with Crippen LogP contribution in [0, 0.1) is 0 Å². The highest BCUT2D eigenvalue weighted by atomic mass is 16.1. The summed E-state index contributed by atoms with van der Waals surface area (Å²) in [6.45, 7) is 5.63. The van der Waals surface area contributed by atoms with Crippen molar-refractivity contribution in [2.45, 2.75) is 39.2 Å². The fourth-order valence-electron chi connectivity index (χ4n) is 1.21. The van der Waals surface area contributed by atoms with Gasteiger partial charge in [0, 0.05) is 18.7 Å². The summed E-state index contributed by atoms with van der Waals surface area (Å²) in [6.07, 6.45) is 5.29. The zero-order chi connectivity index (χ0) is 10.4. The molecule has 0 aromatic carbocycles. The molecule has 1 fully saturated rings. The van der Waals surface area contributed by atoms with E-state index in [4.69, 9.17) is 0 Å². The van der Waals surface area contributed by atoms with Crippen LogP contribution in [-0.2, 0) is 4.79 Å². The summed E-state index contributed by atoms with van der Waals surface area (Å²) in [5.41, 5.74) is 1.04. The third kappa shape index (κ3) is 5.75. The molecule has 14 heavy (non-hydrogen) atoms. The molecule has 1 aliphatic rings. The van der Waals surface area contributed by atoms with Gasteiger partial charge in [0.2, 0.25) is 5.91 Å². The van der Waals surface area contributed by atoms with E-state index in [0.29, 0.717) is 0 Å². The molecule has 0 aromatic heterocycles. The highest BCUT2D eigenvalue weighted by molar-refractivity contribution is 5.87. The van der Waals surface area contributed by atoms with Crippen LogP contribution in [0.5, 0.6) is 0 Å². The smallest absolute Gasteiger partial charge is 0.243 e.